The minimum Gasteiger partial charge on any atom is -0.493 e. The second-order valence-electron chi connectivity index (χ2n) is 8.88. The highest BCUT2D eigenvalue weighted by molar-refractivity contribution is 8.26. The summed E-state index contributed by atoms with van der Waals surface area (Å²) in [5, 5.41) is 13.2. The van der Waals surface area contributed by atoms with Gasteiger partial charge in [-0.05, 0) is 55.5 Å². The number of aromatic nitrogens is 1. The molecule has 1 fully saturated rings. The summed E-state index contributed by atoms with van der Waals surface area (Å²) < 4.78 is 17.9. The molecule has 1 N–H and O–H groups in total. The molecule has 2 heterocycles. The average Bonchev–Trinajstić information content (AvgIpc) is 3.20. The molecule has 1 amide bonds. The first-order valence-corrected chi connectivity index (χ1v) is 13.9. The third-order valence-corrected chi connectivity index (χ3v) is 7.73. The number of methoxy groups -OCH3 is 3. The molecule has 1 aliphatic heterocycles. The molecular weight excluding hydrogens is 536 g/mol. The minimum atomic E-state index is -0.352. The first-order valence-electron chi connectivity index (χ1n) is 12.7. The number of amides is 1. The summed E-state index contributed by atoms with van der Waals surface area (Å²) in [6, 6.07) is 7.80. The fourth-order valence-corrected chi connectivity index (χ4v) is 5.63. The van der Waals surface area contributed by atoms with Crippen LogP contribution in [0, 0.1) is 18.3 Å². The molecule has 0 aliphatic carbocycles. The normalized spacial score (nSPS) is 14.2. The molecule has 0 spiro atoms. The summed E-state index contributed by atoms with van der Waals surface area (Å²) in [6.45, 7) is 5.62. The smallest absolute Gasteiger partial charge is 0.270 e. The van der Waals surface area contributed by atoms with Crippen molar-refractivity contribution < 1.29 is 19.0 Å². The maximum Gasteiger partial charge on any atom is 0.270 e. The first kappa shape index (κ1) is 30.2. The molecule has 11 heteroatoms. The van der Waals surface area contributed by atoms with Crippen LogP contribution < -0.4 is 20.3 Å². The summed E-state index contributed by atoms with van der Waals surface area (Å²) >= 11 is 6.69. The Kier molecular flexibility index (Phi) is 11.0. The third kappa shape index (κ3) is 6.82. The monoisotopic (exact) mass is 570 g/mol. The van der Waals surface area contributed by atoms with Crippen molar-refractivity contribution in [3.05, 3.63) is 55.7 Å². The first-order chi connectivity index (χ1) is 18.8. The van der Waals surface area contributed by atoms with Gasteiger partial charge in [-0.15, -0.1) is 0 Å². The molecule has 9 nitrogen and oxygen atoms in total. The third-order valence-electron chi connectivity index (χ3n) is 6.36. The zero-order chi connectivity index (χ0) is 28.5. The quantitative estimate of drug-likeness (QED) is 0.214. The average molecular weight is 571 g/mol. The predicted octanol–water partition coefficient (Wildman–Crippen LogP) is 4.35. The molecule has 2 aromatic rings. The SMILES string of the molecule is CCCn1c(NCCc2ccc(OC)c(OC)c2)c(/C=C2/SC(=S)N(CCCOC)C2=O)c(C)c(C#N)c1=O. The van der Waals surface area contributed by atoms with Crippen LogP contribution in [0.2, 0.25) is 0 Å². The summed E-state index contributed by atoms with van der Waals surface area (Å²) in [4.78, 5) is 28.5. The maximum absolute atomic E-state index is 13.3. The topological polar surface area (TPSA) is 106 Å². The Hall–Kier alpha value is -3.33. The Morgan fingerprint density at radius 3 is 2.54 bits per heavy atom. The fourth-order valence-electron chi connectivity index (χ4n) is 4.34. The van der Waals surface area contributed by atoms with E-state index in [0.717, 1.165) is 5.56 Å². The van der Waals surface area contributed by atoms with E-state index >= 15 is 0 Å². The van der Waals surface area contributed by atoms with Crippen LogP contribution in [0.25, 0.3) is 6.08 Å². The maximum atomic E-state index is 13.3. The highest BCUT2D eigenvalue weighted by atomic mass is 32.2. The van der Waals surface area contributed by atoms with Crippen molar-refractivity contribution in [2.45, 2.75) is 39.7 Å². The van der Waals surface area contributed by atoms with E-state index in [4.69, 9.17) is 26.4 Å². The number of rotatable bonds is 13. The predicted molar refractivity (Wildman–Crippen MR) is 159 cm³/mol. The van der Waals surface area contributed by atoms with Gasteiger partial charge >= 0.3 is 0 Å². The Morgan fingerprint density at radius 1 is 1.15 bits per heavy atom. The number of anilines is 1. The van der Waals surface area contributed by atoms with Gasteiger partial charge < -0.3 is 19.5 Å². The molecular formula is C28H34N4O5S2. The highest BCUT2D eigenvalue weighted by Gasteiger charge is 2.32. The van der Waals surface area contributed by atoms with Gasteiger partial charge in [0, 0.05) is 38.9 Å². The largest absolute Gasteiger partial charge is 0.493 e. The molecule has 0 bridgehead atoms. The fraction of sp³-hybridized carbons (Fsp3) is 0.429. The van der Waals surface area contributed by atoms with Gasteiger partial charge in [0.2, 0.25) is 0 Å². The molecule has 0 unspecified atom stereocenters. The van der Waals surface area contributed by atoms with Gasteiger partial charge in [-0.2, -0.15) is 5.26 Å². The van der Waals surface area contributed by atoms with Crippen LogP contribution in [-0.2, 0) is 22.5 Å². The molecule has 3 rings (SSSR count). The van der Waals surface area contributed by atoms with Crippen molar-refractivity contribution in [1.82, 2.24) is 9.47 Å². The Labute approximate surface area is 238 Å². The number of carbonyl (C=O) groups is 1. The number of benzene rings is 1. The van der Waals surface area contributed by atoms with E-state index in [0.29, 0.717) is 83.2 Å². The standard InChI is InChI=1S/C28H34N4O5S2/c1-6-12-31-25(30-11-10-19-8-9-22(36-4)23(15-19)37-5)20(18(2)21(17-29)26(31)33)16-24-27(34)32(28(38)39-24)13-7-14-35-3/h8-9,15-16,30H,6-7,10-14H2,1-5H3/b24-16+. The van der Waals surface area contributed by atoms with Gasteiger partial charge in [-0.25, -0.2) is 0 Å². The van der Waals surface area contributed by atoms with Crippen LogP contribution >= 0.6 is 24.0 Å². The lowest BCUT2D eigenvalue weighted by atomic mass is 10.0. The van der Waals surface area contributed by atoms with Gasteiger partial charge in [0.05, 0.1) is 19.1 Å². The Balaban J connectivity index is 2.00. The van der Waals surface area contributed by atoms with E-state index in [9.17, 15) is 14.9 Å². The highest BCUT2D eigenvalue weighted by Crippen LogP contribution is 2.35. The van der Waals surface area contributed by atoms with Crippen LogP contribution in [-0.4, -0.2) is 60.7 Å². The molecule has 1 aromatic heterocycles. The van der Waals surface area contributed by atoms with Crippen LogP contribution in [0.1, 0.15) is 42.0 Å². The lowest BCUT2D eigenvalue weighted by Crippen LogP contribution is -2.30. The second-order valence-corrected chi connectivity index (χ2v) is 10.6. The zero-order valence-electron chi connectivity index (χ0n) is 23.0. The molecule has 0 radical (unpaired) electrons. The number of thioether (sulfide) groups is 1. The van der Waals surface area contributed by atoms with E-state index in [1.54, 1.807) is 43.8 Å². The second kappa shape index (κ2) is 14.2. The van der Waals surface area contributed by atoms with Gasteiger partial charge in [0.15, 0.2) is 11.5 Å². The number of nitrogens with one attached hydrogen (secondary N) is 1. The van der Waals surface area contributed by atoms with Crippen molar-refractivity contribution in [1.29, 1.82) is 5.26 Å². The van der Waals surface area contributed by atoms with Gasteiger partial charge in [0.25, 0.3) is 11.5 Å². The number of hydrogen-bond acceptors (Lipinski definition) is 9. The number of nitriles is 1. The molecule has 1 saturated heterocycles. The number of ether oxygens (including phenoxy) is 3. The van der Waals surface area contributed by atoms with Crippen LogP contribution in [0.15, 0.2) is 27.9 Å². The molecule has 0 saturated carbocycles. The van der Waals surface area contributed by atoms with Crippen molar-refractivity contribution in [2.24, 2.45) is 0 Å². The van der Waals surface area contributed by atoms with Crippen LogP contribution in [0.5, 0.6) is 11.5 Å². The molecule has 1 aromatic carbocycles. The van der Waals surface area contributed by atoms with Gasteiger partial charge in [-0.1, -0.05) is 37.0 Å². The van der Waals surface area contributed by atoms with Crippen molar-refractivity contribution >= 4 is 46.1 Å². The number of nitrogens with zero attached hydrogens (tertiary/aromatic N) is 3. The van der Waals surface area contributed by atoms with Crippen molar-refractivity contribution in [3.8, 4) is 17.6 Å². The van der Waals surface area contributed by atoms with E-state index in [1.165, 1.54) is 11.8 Å². The number of carbonyl (C=O) groups excluding carboxylic acids is 1. The summed E-state index contributed by atoms with van der Waals surface area (Å²) in [5.41, 5.74) is 1.89. The molecule has 39 heavy (non-hydrogen) atoms. The number of pyridine rings is 1. The van der Waals surface area contributed by atoms with E-state index in [-0.39, 0.29) is 17.0 Å². The van der Waals surface area contributed by atoms with Gasteiger partial charge in [-0.3, -0.25) is 19.1 Å². The summed E-state index contributed by atoms with van der Waals surface area (Å²) in [6.07, 6.45) is 3.74. The molecule has 208 valence electrons. The number of thiocarbonyl (C=S) groups is 1. The Morgan fingerprint density at radius 2 is 1.90 bits per heavy atom. The summed E-state index contributed by atoms with van der Waals surface area (Å²) in [5.74, 6) is 1.67. The van der Waals surface area contributed by atoms with Crippen molar-refractivity contribution in [2.75, 3.05) is 46.3 Å². The van der Waals surface area contributed by atoms with Crippen LogP contribution in [0.3, 0.4) is 0 Å². The molecule has 1 aliphatic rings. The van der Waals surface area contributed by atoms with Crippen LogP contribution in [0.4, 0.5) is 5.82 Å². The van der Waals surface area contributed by atoms with E-state index < -0.39 is 0 Å². The zero-order valence-corrected chi connectivity index (χ0v) is 24.6. The summed E-state index contributed by atoms with van der Waals surface area (Å²) in [7, 11) is 4.80. The van der Waals surface area contributed by atoms with E-state index in [1.807, 2.05) is 25.1 Å². The van der Waals surface area contributed by atoms with E-state index in [2.05, 4.69) is 11.4 Å². The molecule has 0 atom stereocenters. The minimum absolute atomic E-state index is 0.0655. The Bertz CT molecular complexity index is 1360. The van der Waals surface area contributed by atoms with Gasteiger partial charge in [0.1, 0.15) is 21.8 Å². The number of hydrogen-bond donors (Lipinski definition) is 1. The lowest BCUT2D eigenvalue weighted by molar-refractivity contribution is -0.122. The van der Waals surface area contributed by atoms with Crippen molar-refractivity contribution in [3.63, 3.8) is 0 Å². The lowest BCUT2D eigenvalue weighted by Gasteiger charge is -2.20.